The normalized spacial score (nSPS) is 20.6. The van der Waals surface area contributed by atoms with E-state index in [1.807, 2.05) is 78.9 Å². The Hall–Kier alpha value is -3.96. The van der Waals surface area contributed by atoms with Gasteiger partial charge in [-0.3, -0.25) is 9.69 Å². The topological polar surface area (TPSA) is 121 Å². The largest absolute Gasteiger partial charge is 0.492 e. The molecule has 3 aliphatic rings. The van der Waals surface area contributed by atoms with Gasteiger partial charge < -0.3 is 34.6 Å². The van der Waals surface area contributed by atoms with Crippen molar-refractivity contribution in [3.05, 3.63) is 101 Å². The van der Waals surface area contributed by atoms with Gasteiger partial charge in [0.2, 0.25) is 5.91 Å². The molecule has 2 amide bonds. The molecular formula is C41H53N3O7. The first kappa shape index (κ1) is 36.8. The molecule has 51 heavy (non-hydrogen) atoms. The number of amides is 2. The third-order valence-corrected chi connectivity index (χ3v) is 10.4. The third-order valence-electron chi connectivity index (χ3n) is 10.4. The van der Waals surface area contributed by atoms with Crippen molar-refractivity contribution < 1.29 is 34.0 Å². The van der Waals surface area contributed by atoms with Gasteiger partial charge in [0.1, 0.15) is 18.5 Å². The number of benzene rings is 3. The lowest BCUT2D eigenvalue weighted by atomic mass is 9.97. The number of aliphatic hydroxyl groups excluding tert-OH is 2. The van der Waals surface area contributed by atoms with Crippen molar-refractivity contribution in [2.24, 2.45) is 0 Å². The van der Waals surface area contributed by atoms with Gasteiger partial charge >= 0.3 is 6.09 Å². The van der Waals surface area contributed by atoms with Crippen molar-refractivity contribution in [3.63, 3.8) is 0 Å². The molecule has 274 valence electrons. The van der Waals surface area contributed by atoms with Crippen LogP contribution in [-0.4, -0.2) is 95.8 Å². The van der Waals surface area contributed by atoms with Crippen molar-refractivity contribution >= 4 is 12.0 Å². The van der Waals surface area contributed by atoms with Crippen LogP contribution in [-0.2, 0) is 33.7 Å². The van der Waals surface area contributed by atoms with E-state index in [4.69, 9.17) is 14.2 Å². The summed E-state index contributed by atoms with van der Waals surface area (Å²) in [7, 11) is 0. The second-order valence-electron chi connectivity index (χ2n) is 14.1. The number of hydrogen-bond acceptors (Lipinski definition) is 8. The predicted octanol–water partition coefficient (Wildman–Crippen LogP) is 5.20. The van der Waals surface area contributed by atoms with E-state index < -0.39 is 30.4 Å². The van der Waals surface area contributed by atoms with Crippen LogP contribution in [0.3, 0.4) is 0 Å². The maximum absolute atomic E-state index is 14.2. The Bertz CT molecular complexity index is 1530. The maximum Gasteiger partial charge on any atom is 0.407 e. The fourth-order valence-corrected chi connectivity index (χ4v) is 7.56. The summed E-state index contributed by atoms with van der Waals surface area (Å²) in [5.41, 5.74) is 3.85. The minimum atomic E-state index is -0.996. The first-order valence-electron chi connectivity index (χ1n) is 18.7. The van der Waals surface area contributed by atoms with Crippen molar-refractivity contribution in [1.29, 1.82) is 0 Å². The van der Waals surface area contributed by atoms with Crippen molar-refractivity contribution in [2.45, 2.75) is 94.7 Å². The number of hydrogen-bond donors (Lipinski definition) is 3. The van der Waals surface area contributed by atoms with Crippen molar-refractivity contribution in [1.82, 2.24) is 15.1 Å². The van der Waals surface area contributed by atoms with E-state index in [0.29, 0.717) is 26.0 Å². The molecule has 10 heteroatoms. The van der Waals surface area contributed by atoms with E-state index in [1.54, 1.807) is 4.90 Å². The number of nitrogens with zero attached hydrogens (tertiary/aromatic N) is 2. The number of aliphatic hydroxyl groups is 2. The highest BCUT2D eigenvalue weighted by atomic mass is 16.6. The number of morpholine rings is 1. The molecule has 4 atom stereocenters. The summed E-state index contributed by atoms with van der Waals surface area (Å²) in [6, 6.07) is 24.2. The minimum absolute atomic E-state index is 0.0416. The van der Waals surface area contributed by atoms with Crippen LogP contribution in [0.1, 0.15) is 73.2 Å². The zero-order valence-corrected chi connectivity index (χ0v) is 29.5. The van der Waals surface area contributed by atoms with E-state index in [9.17, 15) is 19.8 Å². The first-order chi connectivity index (χ1) is 24.9. The summed E-state index contributed by atoms with van der Waals surface area (Å²) >= 11 is 0. The third kappa shape index (κ3) is 10.5. The number of nitrogens with one attached hydrogen (secondary N) is 1. The van der Waals surface area contributed by atoms with Gasteiger partial charge in [-0.25, -0.2) is 4.79 Å². The van der Waals surface area contributed by atoms with Gasteiger partial charge in [-0.1, -0.05) is 73.2 Å². The number of carbonyl (C=O) groups is 2. The molecule has 2 fully saturated rings. The summed E-state index contributed by atoms with van der Waals surface area (Å²) in [5, 5.41) is 25.7. The summed E-state index contributed by atoms with van der Waals surface area (Å²) < 4.78 is 17.2. The Balaban J connectivity index is 1.12. The highest BCUT2D eigenvalue weighted by molar-refractivity contribution is 5.77. The van der Waals surface area contributed by atoms with Crippen LogP contribution in [0.15, 0.2) is 78.9 Å². The smallest absolute Gasteiger partial charge is 0.407 e. The Labute approximate surface area is 301 Å². The summed E-state index contributed by atoms with van der Waals surface area (Å²) in [6.07, 6.45) is 3.59. The van der Waals surface area contributed by atoms with E-state index in [2.05, 4.69) is 10.2 Å². The molecule has 0 unspecified atom stereocenters. The average Bonchev–Trinajstić information content (AvgIpc) is 3.49. The lowest BCUT2D eigenvalue weighted by Crippen LogP contribution is -2.46. The molecule has 3 N–H and O–H groups in total. The second-order valence-corrected chi connectivity index (χ2v) is 14.1. The Morgan fingerprint density at radius 2 is 1.65 bits per heavy atom. The van der Waals surface area contributed by atoms with E-state index in [0.717, 1.165) is 93.0 Å². The molecule has 0 spiro atoms. The number of rotatable bonds is 15. The Morgan fingerprint density at radius 1 is 0.922 bits per heavy atom. The molecule has 2 aliphatic carbocycles. The van der Waals surface area contributed by atoms with Crippen LogP contribution in [0.4, 0.5) is 4.79 Å². The van der Waals surface area contributed by atoms with Crippen LogP contribution >= 0.6 is 0 Å². The van der Waals surface area contributed by atoms with Crippen LogP contribution in [0.25, 0.3) is 0 Å². The molecule has 0 aromatic heterocycles. The summed E-state index contributed by atoms with van der Waals surface area (Å²) in [5.74, 6) is 0.585. The lowest BCUT2D eigenvalue weighted by Gasteiger charge is -2.33. The molecule has 1 aliphatic heterocycles. The van der Waals surface area contributed by atoms with Gasteiger partial charge in [0.25, 0.3) is 0 Å². The molecule has 10 nitrogen and oxygen atoms in total. The van der Waals surface area contributed by atoms with Crippen LogP contribution in [0.2, 0.25) is 0 Å². The van der Waals surface area contributed by atoms with Gasteiger partial charge in [-0.15, -0.1) is 0 Å². The Morgan fingerprint density at radius 3 is 2.41 bits per heavy atom. The average molecular weight is 700 g/mol. The highest BCUT2D eigenvalue weighted by Crippen LogP contribution is 2.37. The first-order valence-corrected chi connectivity index (χ1v) is 18.7. The molecule has 6 rings (SSSR count). The van der Waals surface area contributed by atoms with Gasteiger partial charge in [-0.05, 0) is 72.9 Å². The number of carbonyl (C=O) groups excluding carboxylic acids is 2. The zero-order valence-electron chi connectivity index (χ0n) is 29.5. The fourth-order valence-electron chi connectivity index (χ4n) is 7.56. The van der Waals surface area contributed by atoms with Crippen LogP contribution in [0.5, 0.6) is 5.75 Å². The number of alkyl carbamates (subject to hydrolysis) is 1. The lowest BCUT2D eigenvalue weighted by molar-refractivity contribution is -0.137. The molecule has 0 bridgehead atoms. The number of fused-ring (bicyclic) bond motifs is 1. The molecule has 3 aromatic rings. The maximum atomic E-state index is 14.2. The molecule has 1 heterocycles. The van der Waals surface area contributed by atoms with Crippen molar-refractivity contribution in [3.8, 4) is 5.75 Å². The Kier molecular flexibility index (Phi) is 13.4. The zero-order chi connectivity index (χ0) is 35.4. The fraction of sp³-hybridized carbons (Fsp3) is 0.512. The minimum Gasteiger partial charge on any atom is -0.492 e. The van der Waals surface area contributed by atoms with Gasteiger partial charge in [0.15, 0.2) is 0 Å². The molecule has 1 saturated carbocycles. The van der Waals surface area contributed by atoms with Gasteiger partial charge in [0.05, 0.1) is 37.5 Å². The predicted molar refractivity (Wildman–Crippen MR) is 194 cm³/mol. The van der Waals surface area contributed by atoms with E-state index >= 15 is 0 Å². The number of ether oxygens (including phenoxy) is 3. The van der Waals surface area contributed by atoms with Crippen molar-refractivity contribution in [2.75, 3.05) is 39.5 Å². The summed E-state index contributed by atoms with van der Waals surface area (Å²) in [6.45, 7) is 5.04. The quantitative estimate of drug-likeness (QED) is 0.198. The SMILES string of the molecule is O=C(N[C@@H](Cc1ccccc1)[C@@H](O)CCC(=O)N(Cc1ccc(OCCN2CCOCC2)cc1)[C@H]1c2ccccc2C[C@H]1O)OC1CCCCC1. The summed E-state index contributed by atoms with van der Waals surface area (Å²) in [4.78, 5) is 31.2. The van der Waals surface area contributed by atoms with Gasteiger partial charge in [-0.2, -0.15) is 0 Å². The van der Waals surface area contributed by atoms with Crippen LogP contribution in [0, 0.1) is 0 Å². The monoisotopic (exact) mass is 699 g/mol. The highest BCUT2D eigenvalue weighted by Gasteiger charge is 2.38. The molecular weight excluding hydrogens is 646 g/mol. The second kappa shape index (κ2) is 18.5. The standard InChI is InChI=1S/C41H53N3O7/c45-37(36(27-30-9-3-1-4-10-30)42-41(48)51-34-12-5-2-6-13-34)19-20-39(47)44(40-35-14-8-7-11-32(35)28-38(40)46)29-31-15-17-33(18-16-31)50-26-23-43-21-24-49-25-22-43/h1,3-4,7-11,14-18,34,36-38,40,45-46H,2,5-6,12-13,19-29H2,(H,42,48)/t36-,37-,38+,40-/m0/s1. The van der Waals surface area contributed by atoms with E-state index in [-0.39, 0.29) is 24.9 Å². The molecule has 1 saturated heterocycles. The van der Waals surface area contributed by atoms with E-state index in [1.165, 1.54) is 0 Å². The van der Waals surface area contributed by atoms with Gasteiger partial charge in [0, 0.05) is 39.0 Å². The van der Waals surface area contributed by atoms with Crippen LogP contribution < -0.4 is 10.1 Å². The molecule has 0 radical (unpaired) electrons. The molecule has 3 aromatic carbocycles.